The van der Waals surface area contributed by atoms with E-state index in [1.165, 1.54) is 0 Å². The number of carbonyl (C=O) groups is 1. The minimum absolute atomic E-state index is 0.000104. The van der Waals surface area contributed by atoms with Gasteiger partial charge < -0.3 is 10.2 Å². The summed E-state index contributed by atoms with van der Waals surface area (Å²) in [6.45, 7) is 0.766. The first-order chi connectivity index (χ1) is 10.6. The highest BCUT2D eigenvalue weighted by atomic mass is 79.9. The van der Waals surface area contributed by atoms with Gasteiger partial charge >= 0.3 is 0 Å². The predicted octanol–water partition coefficient (Wildman–Crippen LogP) is 3.39. The van der Waals surface area contributed by atoms with Gasteiger partial charge in [0, 0.05) is 23.8 Å². The van der Waals surface area contributed by atoms with E-state index in [1.54, 1.807) is 36.2 Å². The Balaban J connectivity index is 1.88. The highest BCUT2D eigenvalue weighted by Crippen LogP contribution is 2.17. The fourth-order valence-corrected chi connectivity index (χ4v) is 2.36. The van der Waals surface area contributed by atoms with Crippen LogP contribution in [0.1, 0.15) is 11.1 Å². The average molecular weight is 358 g/mol. The Bertz CT molecular complexity index is 692. The number of nitrogens with zero attached hydrogens (tertiary/aromatic N) is 2. The van der Waals surface area contributed by atoms with E-state index in [2.05, 4.69) is 27.3 Å². The average Bonchev–Trinajstić information content (AvgIpc) is 2.55. The van der Waals surface area contributed by atoms with Gasteiger partial charge in [-0.25, -0.2) is 0 Å². The summed E-state index contributed by atoms with van der Waals surface area (Å²) in [4.78, 5) is 13.8. The van der Waals surface area contributed by atoms with Crippen molar-refractivity contribution < 1.29 is 4.79 Å². The lowest BCUT2D eigenvalue weighted by molar-refractivity contribution is -0.128. The molecule has 112 valence electrons. The van der Waals surface area contributed by atoms with Crippen molar-refractivity contribution in [1.82, 2.24) is 4.90 Å². The molecule has 0 aliphatic carbocycles. The number of nitrogens with one attached hydrogen (secondary N) is 1. The lowest BCUT2D eigenvalue weighted by Crippen LogP contribution is -2.31. The van der Waals surface area contributed by atoms with Crippen molar-refractivity contribution in [2.24, 2.45) is 0 Å². The monoisotopic (exact) mass is 357 g/mol. The van der Waals surface area contributed by atoms with Crippen LogP contribution < -0.4 is 5.32 Å². The second-order valence-corrected chi connectivity index (χ2v) is 5.74. The van der Waals surface area contributed by atoms with Gasteiger partial charge in [0.05, 0.1) is 18.2 Å². The molecular weight excluding hydrogens is 342 g/mol. The van der Waals surface area contributed by atoms with E-state index in [-0.39, 0.29) is 12.5 Å². The number of rotatable bonds is 5. The third-order valence-corrected chi connectivity index (χ3v) is 4.02. The summed E-state index contributed by atoms with van der Waals surface area (Å²) < 4.78 is 0.995. The van der Waals surface area contributed by atoms with Crippen molar-refractivity contribution >= 4 is 27.5 Å². The Morgan fingerprint density at radius 3 is 2.55 bits per heavy atom. The largest absolute Gasteiger partial charge is 0.376 e. The van der Waals surface area contributed by atoms with Crippen molar-refractivity contribution in [1.29, 1.82) is 5.26 Å². The van der Waals surface area contributed by atoms with E-state index < -0.39 is 0 Å². The minimum Gasteiger partial charge on any atom is -0.376 e. The number of likely N-dealkylation sites (N-methyl/N-ethyl adjacent to an activating group) is 1. The molecule has 1 N–H and O–H groups in total. The standard InChI is InChI=1S/C17H16BrN3O/c1-21(12-14-4-2-3-5-16(14)18)17(22)11-20-15-8-6-13(10-19)7-9-15/h2-9,20H,11-12H2,1H3. The highest BCUT2D eigenvalue weighted by Gasteiger charge is 2.10. The van der Waals surface area contributed by atoms with Crippen LogP contribution in [0.4, 0.5) is 5.69 Å². The number of carbonyl (C=O) groups excluding carboxylic acids is 1. The molecule has 0 aromatic heterocycles. The van der Waals surface area contributed by atoms with E-state index in [0.717, 1.165) is 15.7 Å². The second kappa shape index (κ2) is 7.62. The maximum atomic E-state index is 12.2. The van der Waals surface area contributed by atoms with Crippen LogP contribution >= 0.6 is 15.9 Å². The molecule has 0 fully saturated rings. The van der Waals surface area contributed by atoms with Gasteiger partial charge in [-0.15, -0.1) is 0 Å². The van der Waals surface area contributed by atoms with Gasteiger partial charge in [-0.1, -0.05) is 34.1 Å². The zero-order chi connectivity index (χ0) is 15.9. The Kier molecular flexibility index (Phi) is 5.56. The zero-order valence-corrected chi connectivity index (χ0v) is 13.8. The molecule has 5 heteroatoms. The van der Waals surface area contributed by atoms with E-state index >= 15 is 0 Å². The van der Waals surface area contributed by atoms with Crippen molar-refractivity contribution in [3.05, 3.63) is 64.1 Å². The van der Waals surface area contributed by atoms with E-state index in [4.69, 9.17) is 5.26 Å². The van der Waals surface area contributed by atoms with E-state index in [9.17, 15) is 4.79 Å². The SMILES string of the molecule is CN(Cc1ccccc1Br)C(=O)CNc1ccc(C#N)cc1. The smallest absolute Gasteiger partial charge is 0.241 e. The summed E-state index contributed by atoms with van der Waals surface area (Å²) in [5, 5.41) is 11.8. The number of halogens is 1. The Morgan fingerprint density at radius 1 is 1.23 bits per heavy atom. The molecule has 0 heterocycles. The summed E-state index contributed by atoms with van der Waals surface area (Å²) in [6, 6.07) is 16.9. The zero-order valence-electron chi connectivity index (χ0n) is 12.2. The summed E-state index contributed by atoms with van der Waals surface area (Å²) in [5.74, 6) is 0.000104. The molecule has 0 bridgehead atoms. The van der Waals surface area contributed by atoms with Crippen LogP contribution in [0.25, 0.3) is 0 Å². The molecule has 4 nitrogen and oxygen atoms in total. The molecule has 2 aromatic carbocycles. The van der Waals surface area contributed by atoms with Crippen LogP contribution in [-0.2, 0) is 11.3 Å². The number of amides is 1. The fourth-order valence-electron chi connectivity index (χ4n) is 1.95. The van der Waals surface area contributed by atoms with E-state index in [0.29, 0.717) is 12.1 Å². The molecule has 0 saturated carbocycles. The number of anilines is 1. The van der Waals surface area contributed by atoms with Crippen LogP contribution in [0, 0.1) is 11.3 Å². The summed E-state index contributed by atoms with van der Waals surface area (Å²) in [6.07, 6.45) is 0. The van der Waals surface area contributed by atoms with Crippen LogP contribution in [0.3, 0.4) is 0 Å². The molecule has 0 aliphatic heterocycles. The Labute approximate surface area is 138 Å². The maximum absolute atomic E-state index is 12.2. The topological polar surface area (TPSA) is 56.1 Å². The van der Waals surface area contributed by atoms with Crippen molar-refractivity contribution in [3.63, 3.8) is 0 Å². The Hall–Kier alpha value is -2.32. The number of nitriles is 1. The summed E-state index contributed by atoms with van der Waals surface area (Å²) in [7, 11) is 1.78. The van der Waals surface area contributed by atoms with Gasteiger partial charge in [-0.2, -0.15) is 5.26 Å². The lowest BCUT2D eigenvalue weighted by Gasteiger charge is -2.18. The van der Waals surface area contributed by atoms with Gasteiger partial charge in [0.1, 0.15) is 0 Å². The van der Waals surface area contributed by atoms with Gasteiger partial charge in [0.2, 0.25) is 5.91 Å². The minimum atomic E-state index is 0.000104. The van der Waals surface area contributed by atoms with Crippen LogP contribution in [0.15, 0.2) is 53.0 Å². The number of benzene rings is 2. The third kappa shape index (κ3) is 4.34. The molecular formula is C17H16BrN3O. The van der Waals surface area contributed by atoms with Crippen molar-refractivity contribution in [3.8, 4) is 6.07 Å². The molecule has 0 spiro atoms. The van der Waals surface area contributed by atoms with Crippen LogP contribution in [0.2, 0.25) is 0 Å². The molecule has 22 heavy (non-hydrogen) atoms. The second-order valence-electron chi connectivity index (χ2n) is 4.88. The highest BCUT2D eigenvalue weighted by molar-refractivity contribution is 9.10. The van der Waals surface area contributed by atoms with Gasteiger partial charge in [-0.05, 0) is 35.9 Å². The summed E-state index contributed by atoms with van der Waals surface area (Å²) >= 11 is 3.48. The molecule has 2 aromatic rings. The predicted molar refractivity (Wildman–Crippen MR) is 90.3 cm³/mol. The maximum Gasteiger partial charge on any atom is 0.241 e. The van der Waals surface area contributed by atoms with Gasteiger partial charge in [-0.3, -0.25) is 4.79 Å². The van der Waals surface area contributed by atoms with Gasteiger partial charge in [0.15, 0.2) is 0 Å². The van der Waals surface area contributed by atoms with Crippen LogP contribution in [0.5, 0.6) is 0 Å². The molecule has 2 rings (SSSR count). The molecule has 1 amide bonds. The first kappa shape index (κ1) is 16.1. The number of hydrogen-bond donors (Lipinski definition) is 1. The van der Waals surface area contributed by atoms with Crippen molar-refractivity contribution in [2.75, 3.05) is 18.9 Å². The molecule has 0 aliphatic rings. The number of hydrogen-bond acceptors (Lipinski definition) is 3. The van der Waals surface area contributed by atoms with Crippen LogP contribution in [-0.4, -0.2) is 24.4 Å². The molecule has 0 radical (unpaired) electrons. The normalized spacial score (nSPS) is 9.86. The summed E-state index contributed by atoms with van der Waals surface area (Å²) in [5.41, 5.74) is 2.49. The van der Waals surface area contributed by atoms with Crippen molar-refractivity contribution in [2.45, 2.75) is 6.54 Å². The first-order valence-corrected chi connectivity index (χ1v) is 7.61. The first-order valence-electron chi connectivity index (χ1n) is 6.81. The fraction of sp³-hybridized carbons (Fsp3) is 0.176. The third-order valence-electron chi connectivity index (χ3n) is 3.25. The molecule has 0 saturated heterocycles. The Morgan fingerprint density at radius 2 is 1.91 bits per heavy atom. The quantitative estimate of drug-likeness (QED) is 0.892. The lowest BCUT2D eigenvalue weighted by atomic mass is 10.2. The molecule has 0 atom stereocenters. The molecule has 0 unspecified atom stereocenters. The van der Waals surface area contributed by atoms with E-state index in [1.807, 2.05) is 24.3 Å². The van der Waals surface area contributed by atoms with Gasteiger partial charge in [0.25, 0.3) is 0 Å².